The highest BCUT2D eigenvalue weighted by Crippen LogP contribution is 2.36. The van der Waals surface area contributed by atoms with Gasteiger partial charge in [0.2, 0.25) is 0 Å². The lowest BCUT2D eigenvalue weighted by Crippen LogP contribution is -2.36. The third kappa shape index (κ3) is 6.07. The van der Waals surface area contributed by atoms with Gasteiger partial charge in [-0.05, 0) is 52.7 Å². The van der Waals surface area contributed by atoms with Gasteiger partial charge in [0, 0.05) is 35.0 Å². The van der Waals surface area contributed by atoms with Crippen LogP contribution in [0.15, 0.2) is 92.8 Å². The number of rotatable bonds is 9. The van der Waals surface area contributed by atoms with Crippen LogP contribution in [-0.4, -0.2) is 38.4 Å². The number of sulfonamides is 1. The van der Waals surface area contributed by atoms with Crippen molar-refractivity contribution in [3.05, 3.63) is 100 Å². The standard InChI is InChI=1S/C29H25BrN4O5S.ClH/c1-2-38-26(35)17-34(40(36,37)25-7-3-5-19-6-4-14-33-28(19)25)21-12-13-22-23(16-21)39-24(27(22)30)15-18-8-10-20(11-9-18)29(31)32;/h3-14,16H,2,15,17H2,1H3,(H3,31,32);1H. The number of ether oxygens (including phenoxy) is 1. The number of nitrogens with zero attached hydrogens (tertiary/aromatic N) is 2. The Labute approximate surface area is 251 Å². The molecule has 0 aliphatic rings. The Morgan fingerprint density at radius 2 is 1.83 bits per heavy atom. The van der Waals surface area contributed by atoms with E-state index in [1.807, 2.05) is 12.1 Å². The van der Waals surface area contributed by atoms with Crippen LogP contribution in [0.4, 0.5) is 5.69 Å². The monoisotopic (exact) mass is 656 g/mol. The number of carbonyl (C=O) groups is 1. The molecule has 0 aliphatic heterocycles. The molecule has 0 fully saturated rings. The van der Waals surface area contributed by atoms with Crippen molar-refractivity contribution in [1.29, 1.82) is 5.41 Å². The minimum atomic E-state index is -4.24. The number of nitrogens with one attached hydrogen (secondary N) is 1. The Hall–Kier alpha value is -3.93. The highest BCUT2D eigenvalue weighted by Gasteiger charge is 2.30. The Kier molecular flexibility index (Phi) is 9.01. The van der Waals surface area contributed by atoms with E-state index in [-0.39, 0.29) is 35.4 Å². The summed E-state index contributed by atoms with van der Waals surface area (Å²) in [5, 5.41) is 8.97. The molecule has 5 rings (SSSR count). The van der Waals surface area contributed by atoms with Crippen molar-refractivity contribution in [2.75, 3.05) is 17.5 Å². The van der Waals surface area contributed by atoms with Crippen molar-refractivity contribution in [3.8, 4) is 0 Å². The van der Waals surface area contributed by atoms with Crippen LogP contribution in [-0.2, 0) is 26.0 Å². The van der Waals surface area contributed by atoms with Gasteiger partial charge in [-0.15, -0.1) is 12.4 Å². The lowest BCUT2D eigenvalue weighted by Gasteiger charge is -2.24. The average Bonchev–Trinajstić information content (AvgIpc) is 3.25. The molecule has 0 saturated heterocycles. The summed E-state index contributed by atoms with van der Waals surface area (Å²) in [5.74, 6) is -0.0546. The van der Waals surface area contributed by atoms with Crippen LogP contribution in [0, 0.1) is 5.41 Å². The van der Waals surface area contributed by atoms with E-state index in [1.54, 1.807) is 61.5 Å². The fourth-order valence-corrected chi connectivity index (χ4v) is 6.52. The van der Waals surface area contributed by atoms with Crippen LogP contribution in [0.25, 0.3) is 21.9 Å². The summed E-state index contributed by atoms with van der Waals surface area (Å²) in [4.78, 5) is 16.8. The summed E-state index contributed by atoms with van der Waals surface area (Å²) < 4.78 is 41.1. The topological polar surface area (TPSA) is 140 Å². The van der Waals surface area contributed by atoms with E-state index in [0.29, 0.717) is 34.2 Å². The summed E-state index contributed by atoms with van der Waals surface area (Å²) in [6.07, 6.45) is 1.98. The van der Waals surface area contributed by atoms with E-state index in [2.05, 4.69) is 20.9 Å². The molecule has 0 unspecified atom stereocenters. The molecule has 5 aromatic rings. The predicted molar refractivity (Wildman–Crippen MR) is 164 cm³/mol. The van der Waals surface area contributed by atoms with Crippen molar-refractivity contribution in [1.82, 2.24) is 4.98 Å². The number of esters is 1. The zero-order valence-electron chi connectivity index (χ0n) is 21.8. The van der Waals surface area contributed by atoms with Crippen LogP contribution in [0.3, 0.4) is 0 Å². The Morgan fingerprint density at radius 3 is 2.54 bits per heavy atom. The SMILES string of the molecule is CCOC(=O)CN(c1ccc2c(Br)c(Cc3ccc(C(=N)N)cc3)oc2c1)S(=O)(=O)c1cccc2cccnc12.Cl. The van der Waals surface area contributed by atoms with E-state index in [9.17, 15) is 13.2 Å². The number of fused-ring (bicyclic) bond motifs is 2. The molecule has 3 N–H and O–H groups in total. The van der Waals surface area contributed by atoms with Gasteiger partial charge in [-0.1, -0.05) is 42.5 Å². The molecule has 2 aromatic heterocycles. The minimum absolute atomic E-state index is 0. The number of aromatic nitrogens is 1. The number of furan rings is 1. The van der Waals surface area contributed by atoms with Crippen LogP contribution < -0.4 is 10.0 Å². The van der Waals surface area contributed by atoms with E-state index in [0.717, 1.165) is 19.7 Å². The summed E-state index contributed by atoms with van der Waals surface area (Å²) in [6.45, 7) is 1.25. The third-order valence-corrected chi connectivity index (χ3v) is 9.01. The molecule has 3 aromatic carbocycles. The number of halogens is 2. The van der Waals surface area contributed by atoms with Crippen LogP contribution >= 0.6 is 28.3 Å². The maximum absolute atomic E-state index is 14.0. The van der Waals surface area contributed by atoms with Gasteiger partial charge < -0.3 is 14.9 Å². The average molecular weight is 658 g/mol. The van der Waals surface area contributed by atoms with Gasteiger partial charge in [0.1, 0.15) is 28.6 Å². The van der Waals surface area contributed by atoms with Gasteiger partial charge in [0.25, 0.3) is 10.0 Å². The van der Waals surface area contributed by atoms with Crippen molar-refractivity contribution in [2.24, 2.45) is 5.73 Å². The van der Waals surface area contributed by atoms with Crippen molar-refractivity contribution >= 4 is 77.7 Å². The van der Waals surface area contributed by atoms with E-state index in [1.165, 1.54) is 12.3 Å². The fourth-order valence-electron chi connectivity index (χ4n) is 4.40. The molecule has 0 spiro atoms. The molecular weight excluding hydrogens is 632 g/mol. The zero-order chi connectivity index (χ0) is 28.4. The lowest BCUT2D eigenvalue weighted by atomic mass is 10.1. The molecule has 0 aliphatic carbocycles. The Bertz CT molecular complexity index is 1850. The molecule has 0 atom stereocenters. The van der Waals surface area contributed by atoms with Crippen LogP contribution in [0.5, 0.6) is 0 Å². The van der Waals surface area contributed by atoms with Gasteiger partial charge in [0.15, 0.2) is 0 Å². The summed E-state index contributed by atoms with van der Waals surface area (Å²) >= 11 is 3.61. The van der Waals surface area contributed by atoms with Gasteiger partial charge in [-0.25, -0.2) is 8.42 Å². The second-order valence-corrected chi connectivity index (χ2v) is 11.6. The molecule has 41 heavy (non-hydrogen) atoms. The summed E-state index contributed by atoms with van der Waals surface area (Å²) in [5.41, 5.74) is 8.11. The largest absolute Gasteiger partial charge is 0.465 e. The molecule has 0 bridgehead atoms. The lowest BCUT2D eigenvalue weighted by molar-refractivity contribution is -0.141. The second-order valence-electron chi connectivity index (χ2n) is 8.96. The van der Waals surface area contributed by atoms with Crippen molar-refractivity contribution < 1.29 is 22.4 Å². The number of hydrogen-bond donors (Lipinski definition) is 2. The maximum Gasteiger partial charge on any atom is 0.326 e. The van der Waals surface area contributed by atoms with Gasteiger partial charge in [-0.3, -0.25) is 19.5 Å². The Morgan fingerprint density at radius 1 is 1.10 bits per heavy atom. The van der Waals surface area contributed by atoms with Crippen molar-refractivity contribution in [2.45, 2.75) is 18.2 Å². The number of para-hydroxylation sites is 1. The highest BCUT2D eigenvalue weighted by molar-refractivity contribution is 9.10. The van der Waals surface area contributed by atoms with Crippen LogP contribution in [0.2, 0.25) is 0 Å². The van der Waals surface area contributed by atoms with Crippen molar-refractivity contribution in [3.63, 3.8) is 0 Å². The third-order valence-electron chi connectivity index (χ3n) is 6.34. The number of nitrogen functional groups attached to an aromatic ring is 1. The van der Waals surface area contributed by atoms with Gasteiger partial charge >= 0.3 is 5.97 Å². The first-order chi connectivity index (χ1) is 19.2. The second kappa shape index (κ2) is 12.3. The number of anilines is 1. The molecule has 12 heteroatoms. The minimum Gasteiger partial charge on any atom is -0.465 e. The quantitative estimate of drug-likeness (QED) is 0.116. The maximum atomic E-state index is 14.0. The molecule has 0 radical (unpaired) electrons. The number of pyridine rings is 1. The molecule has 9 nitrogen and oxygen atoms in total. The first-order valence-corrected chi connectivity index (χ1v) is 14.6. The molecule has 0 amide bonds. The molecule has 2 heterocycles. The van der Waals surface area contributed by atoms with Crippen LogP contribution in [0.1, 0.15) is 23.8 Å². The normalized spacial score (nSPS) is 11.3. The smallest absolute Gasteiger partial charge is 0.326 e. The molecule has 212 valence electrons. The summed E-state index contributed by atoms with van der Waals surface area (Å²) in [6, 6.07) is 20.6. The van der Waals surface area contributed by atoms with E-state index < -0.39 is 22.5 Å². The number of hydrogen-bond acceptors (Lipinski definition) is 7. The van der Waals surface area contributed by atoms with E-state index in [4.69, 9.17) is 20.3 Å². The first kappa shape index (κ1) is 30.0. The number of amidine groups is 1. The van der Waals surface area contributed by atoms with Gasteiger partial charge in [0.05, 0.1) is 22.3 Å². The predicted octanol–water partition coefficient (Wildman–Crippen LogP) is 5.80. The zero-order valence-corrected chi connectivity index (χ0v) is 25.1. The first-order valence-electron chi connectivity index (χ1n) is 12.4. The number of benzene rings is 3. The Balaban J connectivity index is 0.00000387. The molecule has 0 saturated carbocycles. The van der Waals surface area contributed by atoms with E-state index >= 15 is 0 Å². The highest BCUT2D eigenvalue weighted by atomic mass is 79.9. The number of carbonyl (C=O) groups excluding carboxylic acids is 1. The summed E-state index contributed by atoms with van der Waals surface area (Å²) in [7, 11) is -4.24. The van der Waals surface area contributed by atoms with Gasteiger partial charge in [-0.2, -0.15) is 0 Å². The number of nitrogens with two attached hydrogens (primary N) is 1. The molecular formula is C29H26BrClN4O5S. The fraction of sp³-hybridized carbons (Fsp3) is 0.138.